The summed E-state index contributed by atoms with van der Waals surface area (Å²) in [6, 6.07) is 0. The molecule has 0 aromatic rings. The maximum absolute atomic E-state index is 9.65. The molecule has 0 aliphatic carbocycles. The van der Waals surface area contributed by atoms with E-state index in [-0.39, 0.29) is 0 Å². The highest BCUT2D eigenvalue weighted by atomic mass is 16.5. The molecule has 0 spiro atoms. The van der Waals surface area contributed by atoms with Gasteiger partial charge in [-0.2, -0.15) is 0 Å². The van der Waals surface area contributed by atoms with Crippen molar-refractivity contribution in [2.45, 2.75) is 31.3 Å². The van der Waals surface area contributed by atoms with Crippen molar-refractivity contribution in [1.82, 2.24) is 4.90 Å². The molecular weight excluding hydrogens is 230 g/mol. The van der Waals surface area contributed by atoms with E-state index in [1.54, 1.807) is 0 Å². The lowest BCUT2D eigenvalue weighted by Gasteiger charge is -2.35. The average molecular weight is 259 g/mol. The number of hydrogen-bond acceptors (Lipinski definition) is 5. The Bertz CT molecular complexity index is 212. The zero-order valence-corrected chi connectivity index (χ0v) is 11.6. The van der Waals surface area contributed by atoms with Gasteiger partial charge in [0.1, 0.15) is 0 Å². The fourth-order valence-corrected chi connectivity index (χ4v) is 2.22. The molecule has 5 heteroatoms. The smallest absolute Gasteiger partial charge is 0.0793 e. The quantitative estimate of drug-likeness (QED) is 0.638. The Labute approximate surface area is 110 Å². The number of hydrogen-bond donors (Lipinski definition) is 3. The second-order valence-electron chi connectivity index (χ2n) is 5.52. The Morgan fingerprint density at radius 1 is 1.22 bits per heavy atom. The molecule has 2 rings (SSSR count). The highest BCUT2D eigenvalue weighted by molar-refractivity contribution is 4.85. The molecular formula is C13H29N3O2. The molecule has 0 radical (unpaired) electrons. The van der Waals surface area contributed by atoms with Crippen molar-refractivity contribution in [2.24, 2.45) is 17.4 Å². The standard InChI is InChI=1S/C7H16N2O.C6H13NO/c1-9-4-2-7(10,6-8)3-5-9;7-5-6-1-3-8-4-2-6/h10H,2-6,8H2,1H3;6H,1-5,7H2. The second-order valence-corrected chi connectivity index (χ2v) is 5.52. The second kappa shape index (κ2) is 8.07. The van der Waals surface area contributed by atoms with E-state index in [0.29, 0.717) is 6.54 Å². The summed E-state index contributed by atoms with van der Waals surface area (Å²) in [5.74, 6) is 0.740. The highest BCUT2D eigenvalue weighted by Crippen LogP contribution is 2.19. The van der Waals surface area contributed by atoms with Crippen LogP contribution in [0.1, 0.15) is 25.7 Å². The zero-order chi connectivity index (χ0) is 13.4. The summed E-state index contributed by atoms with van der Waals surface area (Å²) in [6.45, 7) is 5.01. The van der Waals surface area contributed by atoms with E-state index in [1.807, 2.05) is 0 Å². The fourth-order valence-electron chi connectivity index (χ4n) is 2.22. The summed E-state index contributed by atoms with van der Waals surface area (Å²) < 4.78 is 5.15. The van der Waals surface area contributed by atoms with Crippen LogP contribution in [0, 0.1) is 5.92 Å². The van der Waals surface area contributed by atoms with E-state index >= 15 is 0 Å². The maximum atomic E-state index is 9.65. The van der Waals surface area contributed by atoms with Gasteiger partial charge in [-0.1, -0.05) is 0 Å². The number of likely N-dealkylation sites (tertiary alicyclic amines) is 1. The predicted octanol–water partition coefficient (Wildman–Crippen LogP) is -0.226. The molecule has 0 aromatic carbocycles. The molecule has 2 heterocycles. The van der Waals surface area contributed by atoms with Crippen LogP contribution in [0.15, 0.2) is 0 Å². The minimum Gasteiger partial charge on any atom is -0.388 e. The molecule has 2 fully saturated rings. The van der Waals surface area contributed by atoms with Gasteiger partial charge < -0.3 is 26.2 Å². The Hall–Kier alpha value is -0.200. The van der Waals surface area contributed by atoms with Crippen LogP contribution in [0.3, 0.4) is 0 Å². The largest absolute Gasteiger partial charge is 0.388 e. The molecule has 2 saturated heterocycles. The highest BCUT2D eigenvalue weighted by Gasteiger charge is 2.28. The van der Waals surface area contributed by atoms with Gasteiger partial charge in [0.05, 0.1) is 5.60 Å². The molecule has 2 aliphatic rings. The Morgan fingerprint density at radius 3 is 2.17 bits per heavy atom. The number of nitrogens with zero attached hydrogens (tertiary/aromatic N) is 1. The summed E-state index contributed by atoms with van der Waals surface area (Å²) in [5, 5.41) is 9.65. The lowest BCUT2D eigenvalue weighted by Crippen LogP contribution is -2.47. The minimum atomic E-state index is -0.563. The molecule has 0 amide bonds. The molecule has 0 aromatic heterocycles. The van der Waals surface area contributed by atoms with E-state index in [0.717, 1.165) is 64.4 Å². The number of nitrogens with two attached hydrogens (primary N) is 2. The van der Waals surface area contributed by atoms with Crippen LogP contribution in [0.5, 0.6) is 0 Å². The van der Waals surface area contributed by atoms with Gasteiger partial charge >= 0.3 is 0 Å². The lowest BCUT2D eigenvalue weighted by molar-refractivity contribution is -0.00751. The number of piperidine rings is 1. The third kappa shape index (κ3) is 5.63. The molecule has 5 nitrogen and oxygen atoms in total. The SMILES string of the molecule is CN1CCC(O)(CN)CC1.NCC1CCOCC1. The van der Waals surface area contributed by atoms with Crippen molar-refractivity contribution in [2.75, 3.05) is 46.4 Å². The monoisotopic (exact) mass is 259 g/mol. The minimum absolute atomic E-state index is 0.404. The van der Waals surface area contributed by atoms with Crippen LogP contribution in [0.4, 0.5) is 0 Å². The normalized spacial score (nSPS) is 25.3. The van der Waals surface area contributed by atoms with Crippen molar-refractivity contribution in [3.63, 3.8) is 0 Å². The first kappa shape index (κ1) is 15.9. The molecule has 0 unspecified atom stereocenters. The molecule has 0 atom stereocenters. The van der Waals surface area contributed by atoms with Crippen LogP contribution >= 0.6 is 0 Å². The van der Waals surface area contributed by atoms with Crippen molar-refractivity contribution in [1.29, 1.82) is 0 Å². The van der Waals surface area contributed by atoms with E-state index < -0.39 is 5.60 Å². The van der Waals surface area contributed by atoms with E-state index in [9.17, 15) is 5.11 Å². The van der Waals surface area contributed by atoms with E-state index in [2.05, 4.69) is 11.9 Å². The van der Waals surface area contributed by atoms with Crippen LogP contribution < -0.4 is 11.5 Å². The zero-order valence-electron chi connectivity index (χ0n) is 11.6. The van der Waals surface area contributed by atoms with E-state index in [4.69, 9.17) is 16.2 Å². The molecule has 2 aliphatic heterocycles. The summed E-state index contributed by atoms with van der Waals surface area (Å²) in [7, 11) is 2.07. The van der Waals surface area contributed by atoms with Gasteiger partial charge in [-0.05, 0) is 45.2 Å². The van der Waals surface area contributed by atoms with Gasteiger partial charge in [0.2, 0.25) is 0 Å². The summed E-state index contributed by atoms with van der Waals surface area (Å²) in [4.78, 5) is 2.21. The first-order valence-corrected chi connectivity index (χ1v) is 6.98. The van der Waals surface area contributed by atoms with Crippen LogP contribution in [-0.2, 0) is 4.74 Å². The van der Waals surface area contributed by atoms with Crippen molar-refractivity contribution >= 4 is 0 Å². The van der Waals surface area contributed by atoms with Crippen molar-refractivity contribution in [3.05, 3.63) is 0 Å². The average Bonchev–Trinajstić information content (AvgIpc) is 2.44. The third-order valence-corrected chi connectivity index (χ3v) is 3.97. The lowest BCUT2D eigenvalue weighted by atomic mass is 9.92. The summed E-state index contributed by atoms with van der Waals surface area (Å²) in [6.07, 6.45) is 3.97. The van der Waals surface area contributed by atoms with Crippen LogP contribution in [-0.4, -0.2) is 62.0 Å². The first-order valence-electron chi connectivity index (χ1n) is 6.98. The number of aliphatic hydroxyl groups is 1. The summed E-state index contributed by atoms with van der Waals surface area (Å²) >= 11 is 0. The third-order valence-electron chi connectivity index (χ3n) is 3.97. The van der Waals surface area contributed by atoms with Gasteiger partial charge in [0, 0.05) is 32.8 Å². The van der Waals surface area contributed by atoms with E-state index in [1.165, 1.54) is 0 Å². The topological polar surface area (TPSA) is 84.7 Å². The maximum Gasteiger partial charge on any atom is 0.0793 e. The van der Waals surface area contributed by atoms with Crippen LogP contribution in [0.2, 0.25) is 0 Å². The predicted molar refractivity (Wildman–Crippen MR) is 73.3 cm³/mol. The molecule has 0 bridgehead atoms. The van der Waals surface area contributed by atoms with Gasteiger partial charge in [-0.25, -0.2) is 0 Å². The Balaban J connectivity index is 0.000000184. The van der Waals surface area contributed by atoms with Gasteiger partial charge in [0.25, 0.3) is 0 Å². The summed E-state index contributed by atoms with van der Waals surface area (Å²) in [5.41, 5.74) is 10.3. The molecule has 5 N–H and O–H groups in total. The number of rotatable bonds is 2. The molecule has 108 valence electrons. The fraction of sp³-hybridized carbons (Fsp3) is 1.00. The first-order chi connectivity index (χ1) is 8.59. The van der Waals surface area contributed by atoms with Crippen molar-refractivity contribution < 1.29 is 9.84 Å². The Kier molecular flexibility index (Phi) is 7.11. The van der Waals surface area contributed by atoms with Gasteiger partial charge in [-0.15, -0.1) is 0 Å². The van der Waals surface area contributed by atoms with Gasteiger partial charge in [-0.3, -0.25) is 0 Å². The van der Waals surface area contributed by atoms with Crippen LogP contribution in [0.25, 0.3) is 0 Å². The van der Waals surface area contributed by atoms with Gasteiger partial charge in [0.15, 0.2) is 0 Å². The Morgan fingerprint density at radius 2 is 1.78 bits per heavy atom. The molecule has 18 heavy (non-hydrogen) atoms. The van der Waals surface area contributed by atoms with Crippen molar-refractivity contribution in [3.8, 4) is 0 Å². The number of ether oxygens (including phenoxy) is 1. The molecule has 0 saturated carbocycles.